The van der Waals surface area contributed by atoms with Crippen LogP contribution in [0.15, 0.2) is 67.1 Å². The number of hydrogen-bond donors (Lipinski definition) is 1. The van der Waals surface area contributed by atoms with Gasteiger partial charge in [0.05, 0.1) is 24.9 Å². The van der Waals surface area contributed by atoms with Crippen molar-refractivity contribution in [3.05, 3.63) is 83.3 Å². The quantitative estimate of drug-likeness (QED) is 0.709. The fraction of sp³-hybridized carbons (Fsp3) is 0.273. The molecule has 1 aliphatic heterocycles. The van der Waals surface area contributed by atoms with Crippen molar-refractivity contribution in [2.75, 3.05) is 26.3 Å². The second kappa shape index (κ2) is 8.80. The Morgan fingerprint density at radius 3 is 2.54 bits per heavy atom. The first-order valence-electron chi connectivity index (χ1n) is 9.35. The Kier molecular flexibility index (Phi) is 5.98. The van der Waals surface area contributed by atoms with E-state index in [2.05, 4.69) is 14.9 Å². The summed E-state index contributed by atoms with van der Waals surface area (Å²) in [7, 11) is 0. The molecule has 0 spiro atoms. The predicted molar refractivity (Wildman–Crippen MR) is 109 cm³/mol. The van der Waals surface area contributed by atoms with Gasteiger partial charge in [-0.1, -0.05) is 41.9 Å². The zero-order valence-corrected chi connectivity index (χ0v) is 16.2. The van der Waals surface area contributed by atoms with Crippen LogP contribution < -0.4 is 0 Å². The summed E-state index contributed by atoms with van der Waals surface area (Å²) in [5.74, 6) is 0. The zero-order valence-electron chi connectivity index (χ0n) is 15.4. The molecule has 2 unspecified atom stereocenters. The average Bonchev–Trinajstić information content (AvgIpc) is 2.76. The van der Waals surface area contributed by atoms with Crippen molar-refractivity contribution in [3.8, 4) is 11.3 Å². The van der Waals surface area contributed by atoms with E-state index in [1.54, 1.807) is 12.4 Å². The van der Waals surface area contributed by atoms with E-state index in [1.807, 2.05) is 54.7 Å². The molecule has 6 heteroatoms. The maximum absolute atomic E-state index is 11.5. The van der Waals surface area contributed by atoms with Crippen molar-refractivity contribution >= 4 is 11.6 Å². The minimum atomic E-state index is -0.790. The first kappa shape index (κ1) is 19.0. The summed E-state index contributed by atoms with van der Waals surface area (Å²) >= 11 is 6.42. The van der Waals surface area contributed by atoms with E-state index >= 15 is 0 Å². The van der Waals surface area contributed by atoms with Gasteiger partial charge in [0.2, 0.25) is 0 Å². The third kappa shape index (κ3) is 3.93. The summed E-state index contributed by atoms with van der Waals surface area (Å²) in [5.41, 5.74) is 3.22. The normalized spacial score (nSPS) is 17.2. The van der Waals surface area contributed by atoms with Crippen LogP contribution in [0.4, 0.5) is 0 Å². The number of morpholine rings is 1. The van der Waals surface area contributed by atoms with Gasteiger partial charge in [0.15, 0.2) is 0 Å². The molecule has 4 rings (SSSR count). The molecule has 0 radical (unpaired) electrons. The van der Waals surface area contributed by atoms with Crippen LogP contribution in [0, 0.1) is 0 Å². The van der Waals surface area contributed by atoms with E-state index in [4.69, 9.17) is 16.3 Å². The number of aliphatic hydroxyl groups excluding tert-OH is 1. The molecule has 1 N–H and O–H groups in total. The Morgan fingerprint density at radius 2 is 1.79 bits per heavy atom. The lowest BCUT2D eigenvalue weighted by molar-refractivity contribution is -0.0238. The van der Waals surface area contributed by atoms with Gasteiger partial charge in [-0.15, -0.1) is 0 Å². The van der Waals surface area contributed by atoms with E-state index in [9.17, 15) is 5.11 Å². The topological polar surface area (TPSA) is 58.5 Å². The minimum Gasteiger partial charge on any atom is -0.386 e. The Balaban J connectivity index is 1.78. The Labute approximate surface area is 169 Å². The van der Waals surface area contributed by atoms with E-state index in [-0.39, 0.29) is 6.04 Å². The molecule has 144 valence electrons. The molecule has 1 fully saturated rings. The summed E-state index contributed by atoms with van der Waals surface area (Å²) in [6, 6.07) is 15.0. The molecule has 5 nitrogen and oxygen atoms in total. The van der Waals surface area contributed by atoms with Crippen LogP contribution >= 0.6 is 11.6 Å². The maximum atomic E-state index is 11.5. The van der Waals surface area contributed by atoms with Gasteiger partial charge >= 0.3 is 0 Å². The van der Waals surface area contributed by atoms with Gasteiger partial charge in [-0.05, 0) is 23.8 Å². The highest BCUT2D eigenvalue weighted by Crippen LogP contribution is 2.39. The monoisotopic (exact) mass is 395 g/mol. The molecule has 0 saturated carbocycles. The lowest BCUT2D eigenvalue weighted by atomic mass is 9.92. The lowest BCUT2D eigenvalue weighted by Gasteiger charge is -2.37. The van der Waals surface area contributed by atoms with Crippen LogP contribution in [-0.4, -0.2) is 46.3 Å². The number of benzene rings is 1. The van der Waals surface area contributed by atoms with Gasteiger partial charge in [0, 0.05) is 47.8 Å². The maximum Gasteiger partial charge on any atom is 0.101 e. The van der Waals surface area contributed by atoms with E-state index in [1.165, 1.54) is 0 Å². The van der Waals surface area contributed by atoms with Crippen molar-refractivity contribution in [2.24, 2.45) is 0 Å². The Morgan fingerprint density at radius 1 is 1.00 bits per heavy atom. The second-order valence-corrected chi connectivity index (χ2v) is 7.15. The van der Waals surface area contributed by atoms with Crippen molar-refractivity contribution < 1.29 is 9.84 Å². The SMILES string of the molecule is OC(c1cccnc1-c1ccccc1Cl)C(c1cccnc1)N1CCOCC1. The number of nitrogens with zero attached hydrogens (tertiary/aromatic N) is 3. The molecule has 1 aromatic carbocycles. The Hall–Kier alpha value is -2.31. The summed E-state index contributed by atoms with van der Waals surface area (Å²) in [6.07, 6.45) is 4.49. The van der Waals surface area contributed by atoms with E-state index in [0.717, 1.165) is 29.8 Å². The molecule has 1 saturated heterocycles. The molecule has 0 bridgehead atoms. The highest BCUT2D eigenvalue weighted by Gasteiger charge is 2.32. The molecule has 3 aromatic rings. The van der Waals surface area contributed by atoms with Crippen LogP contribution in [0.2, 0.25) is 5.02 Å². The first-order chi connectivity index (χ1) is 13.8. The largest absolute Gasteiger partial charge is 0.386 e. The van der Waals surface area contributed by atoms with Crippen molar-refractivity contribution in [1.29, 1.82) is 0 Å². The Bertz CT molecular complexity index is 916. The third-order valence-corrected chi connectivity index (χ3v) is 5.38. The summed E-state index contributed by atoms with van der Waals surface area (Å²) in [5, 5.41) is 12.1. The molecule has 2 aromatic heterocycles. The van der Waals surface area contributed by atoms with Crippen molar-refractivity contribution in [2.45, 2.75) is 12.1 Å². The van der Waals surface area contributed by atoms with E-state index < -0.39 is 6.10 Å². The number of ether oxygens (including phenoxy) is 1. The van der Waals surface area contributed by atoms with Crippen LogP contribution in [0.5, 0.6) is 0 Å². The van der Waals surface area contributed by atoms with Gasteiger partial charge in [-0.3, -0.25) is 14.9 Å². The van der Waals surface area contributed by atoms with Crippen LogP contribution in [0.1, 0.15) is 23.3 Å². The first-order valence-corrected chi connectivity index (χ1v) is 9.73. The van der Waals surface area contributed by atoms with Gasteiger partial charge in [0.25, 0.3) is 0 Å². The highest BCUT2D eigenvalue weighted by molar-refractivity contribution is 6.33. The molecule has 2 atom stereocenters. The van der Waals surface area contributed by atoms with Gasteiger partial charge in [-0.25, -0.2) is 0 Å². The molecular weight excluding hydrogens is 374 g/mol. The average molecular weight is 396 g/mol. The minimum absolute atomic E-state index is 0.247. The number of rotatable bonds is 5. The third-order valence-electron chi connectivity index (χ3n) is 5.05. The van der Waals surface area contributed by atoms with Crippen LogP contribution in [0.3, 0.4) is 0 Å². The number of halogens is 1. The fourth-order valence-corrected chi connectivity index (χ4v) is 3.93. The summed E-state index contributed by atoms with van der Waals surface area (Å²) in [4.78, 5) is 11.1. The molecule has 28 heavy (non-hydrogen) atoms. The standard InChI is InChI=1S/C22H22ClN3O2/c23-19-8-2-1-6-17(19)20-18(7-4-10-25-20)22(27)21(16-5-3-9-24-15-16)26-11-13-28-14-12-26/h1-10,15,21-22,27H,11-14H2. The predicted octanol–water partition coefficient (Wildman–Crippen LogP) is 3.90. The summed E-state index contributed by atoms with van der Waals surface area (Å²) in [6.45, 7) is 2.79. The number of aromatic nitrogens is 2. The summed E-state index contributed by atoms with van der Waals surface area (Å²) < 4.78 is 5.51. The highest BCUT2D eigenvalue weighted by atomic mass is 35.5. The molecule has 0 aliphatic carbocycles. The van der Waals surface area contributed by atoms with Gasteiger partial charge in [0.1, 0.15) is 6.10 Å². The fourth-order valence-electron chi connectivity index (χ4n) is 3.70. The van der Waals surface area contributed by atoms with E-state index in [0.29, 0.717) is 23.9 Å². The van der Waals surface area contributed by atoms with Crippen molar-refractivity contribution in [3.63, 3.8) is 0 Å². The molecule has 3 heterocycles. The van der Waals surface area contributed by atoms with Gasteiger partial charge in [-0.2, -0.15) is 0 Å². The van der Waals surface area contributed by atoms with Gasteiger partial charge < -0.3 is 9.84 Å². The molecule has 0 amide bonds. The molecular formula is C22H22ClN3O2. The number of aliphatic hydroxyl groups is 1. The lowest BCUT2D eigenvalue weighted by Crippen LogP contribution is -2.41. The van der Waals surface area contributed by atoms with Crippen LogP contribution in [-0.2, 0) is 4.74 Å². The number of hydrogen-bond acceptors (Lipinski definition) is 5. The zero-order chi connectivity index (χ0) is 19.3. The smallest absolute Gasteiger partial charge is 0.101 e. The van der Waals surface area contributed by atoms with Crippen molar-refractivity contribution in [1.82, 2.24) is 14.9 Å². The van der Waals surface area contributed by atoms with Crippen LogP contribution in [0.25, 0.3) is 11.3 Å². The molecule has 1 aliphatic rings. The number of pyridine rings is 2. The second-order valence-electron chi connectivity index (χ2n) is 6.75.